The van der Waals surface area contributed by atoms with Crippen LogP contribution < -0.4 is 9.47 Å². The van der Waals surface area contributed by atoms with Crippen LogP contribution in [0.2, 0.25) is 0 Å². The van der Waals surface area contributed by atoms with Gasteiger partial charge in [0.25, 0.3) is 0 Å². The number of aryl methyl sites for hydroxylation is 1. The van der Waals surface area contributed by atoms with Gasteiger partial charge in [-0.05, 0) is 13.8 Å². The van der Waals surface area contributed by atoms with Crippen LogP contribution in [0, 0.1) is 6.92 Å². The van der Waals surface area contributed by atoms with Gasteiger partial charge in [-0.25, -0.2) is 4.98 Å². The summed E-state index contributed by atoms with van der Waals surface area (Å²) in [5.74, 6) is -0.980. The molecule has 0 amide bonds. The molecule has 1 rings (SSSR count). The molecule has 8 heteroatoms. The number of aromatic nitrogens is 1. The van der Waals surface area contributed by atoms with Crippen LogP contribution in [0.5, 0.6) is 11.5 Å². The molecule has 0 atom stereocenters. The maximum Gasteiger partial charge on any atom is 0.573 e. The average molecular weight is 293 g/mol. The molecule has 0 aliphatic heterocycles. The molecule has 20 heavy (non-hydrogen) atoms. The Bertz CT molecular complexity index is 488. The summed E-state index contributed by atoms with van der Waals surface area (Å²) in [7, 11) is 1.26. The first kappa shape index (κ1) is 16.1. The average Bonchev–Trinajstić information content (AvgIpc) is 2.31. The third-order valence-electron chi connectivity index (χ3n) is 2.27. The molecule has 0 spiro atoms. The number of esters is 1. The molecule has 0 N–H and O–H groups in total. The monoisotopic (exact) mass is 293 g/mol. The van der Waals surface area contributed by atoms with E-state index in [0.29, 0.717) is 0 Å². The maximum atomic E-state index is 12.2. The van der Waals surface area contributed by atoms with Crippen LogP contribution in [0.25, 0.3) is 0 Å². The van der Waals surface area contributed by atoms with Crippen molar-refractivity contribution in [2.24, 2.45) is 0 Å². The van der Waals surface area contributed by atoms with Gasteiger partial charge < -0.3 is 14.2 Å². The van der Waals surface area contributed by atoms with Crippen molar-refractivity contribution >= 4 is 5.97 Å². The molecule has 0 aliphatic rings. The largest absolute Gasteiger partial charge is 0.573 e. The number of rotatable bonds is 5. The smallest absolute Gasteiger partial charge is 0.495 e. The molecule has 0 saturated carbocycles. The minimum Gasteiger partial charge on any atom is -0.495 e. The number of halogens is 3. The molecular formula is C12H14F3NO4. The SMILES string of the molecule is CCOC(=O)Cc1nc(C)c(OC(F)(F)F)cc1OC. The summed E-state index contributed by atoms with van der Waals surface area (Å²) < 4.78 is 50.1. The van der Waals surface area contributed by atoms with Gasteiger partial charge in [0.1, 0.15) is 5.75 Å². The number of ether oxygens (including phenoxy) is 3. The van der Waals surface area contributed by atoms with Crippen LogP contribution in [-0.2, 0) is 16.0 Å². The maximum absolute atomic E-state index is 12.2. The van der Waals surface area contributed by atoms with E-state index in [1.807, 2.05) is 0 Å². The van der Waals surface area contributed by atoms with Gasteiger partial charge in [-0.15, -0.1) is 13.2 Å². The van der Waals surface area contributed by atoms with Gasteiger partial charge in [-0.1, -0.05) is 0 Å². The predicted octanol–water partition coefficient (Wildman–Crippen LogP) is 2.40. The molecule has 5 nitrogen and oxygen atoms in total. The Kier molecular flexibility index (Phi) is 5.18. The van der Waals surface area contributed by atoms with E-state index in [0.717, 1.165) is 6.07 Å². The Balaban J connectivity index is 3.04. The number of methoxy groups -OCH3 is 1. The van der Waals surface area contributed by atoms with Crippen LogP contribution in [0.1, 0.15) is 18.3 Å². The Hall–Kier alpha value is -1.99. The topological polar surface area (TPSA) is 57.7 Å². The Morgan fingerprint density at radius 3 is 2.50 bits per heavy atom. The van der Waals surface area contributed by atoms with E-state index >= 15 is 0 Å². The normalized spacial score (nSPS) is 11.1. The van der Waals surface area contributed by atoms with Crippen molar-refractivity contribution in [1.29, 1.82) is 0 Å². The van der Waals surface area contributed by atoms with Gasteiger partial charge in [0.2, 0.25) is 0 Å². The highest BCUT2D eigenvalue weighted by atomic mass is 19.4. The first-order valence-electron chi connectivity index (χ1n) is 5.72. The summed E-state index contributed by atoms with van der Waals surface area (Å²) in [6.45, 7) is 3.19. The first-order chi connectivity index (χ1) is 9.26. The lowest BCUT2D eigenvalue weighted by Gasteiger charge is -2.14. The number of hydrogen-bond acceptors (Lipinski definition) is 5. The van der Waals surface area contributed by atoms with E-state index < -0.39 is 18.1 Å². The van der Waals surface area contributed by atoms with Crippen LogP contribution in [-0.4, -0.2) is 31.0 Å². The van der Waals surface area contributed by atoms with Crippen molar-refractivity contribution in [3.8, 4) is 11.5 Å². The number of hydrogen-bond donors (Lipinski definition) is 0. The second kappa shape index (κ2) is 6.44. The number of pyridine rings is 1. The predicted molar refractivity (Wildman–Crippen MR) is 62.5 cm³/mol. The molecule has 0 aliphatic carbocycles. The van der Waals surface area contributed by atoms with E-state index in [4.69, 9.17) is 9.47 Å². The van der Waals surface area contributed by atoms with Crippen LogP contribution in [0.3, 0.4) is 0 Å². The fraction of sp³-hybridized carbons (Fsp3) is 0.500. The van der Waals surface area contributed by atoms with Crippen LogP contribution >= 0.6 is 0 Å². The molecule has 112 valence electrons. The second-order valence-corrected chi connectivity index (χ2v) is 3.75. The van der Waals surface area contributed by atoms with Crippen molar-refractivity contribution in [3.63, 3.8) is 0 Å². The number of alkyl halides is 3. The van der Waals surface area contributed by atoms with Crippen LogP contribution in [0.15, 0.2) is 6.07 Å². The van der Waals surface area contributed by atoms with Gasteiger partial charge >= 0.3 is 12.3 Å². The second-order valence-electron chi connectivity index (χ2n) is 3.75. The molecule has 1 aromatic rings. The Morgan fingerprint density at radius 1 is 1.35 bits per heavy atom. The van der Waals surface area contributed by atoms with E-state index in [2.05, 4.69) is 9.72 Å². The summed E-state index contributed by atoms with van der Waals surface area (Å²) >= 11 is 0. The van der Waals surface area contributed by atoms with E-state index in [9.17, 15) is 18.0 Å². The fourth-order valence-electron chi connectivity index (χ4n) is 1.50. The summed E-state index contributed by atoms with van der Waals surface area (Å²) in [4.78, 5) is 15.3. The number of carbonyl (C=O) groups is 1. The molecule has 0 bridgehead atoms. The molecular weight excluding hydrogens is 279 g/mol. The van der Waals surface area contributed by atoms with E-state index in [-0.39, 0.29) is 30.2 Å². The summed E-state index contributed by atoms with van der Waals surface area (Å²) in [5, 5.41) is 0. The van der Waals surface area contributed by atoms with Gasteiger partial charge in [0.05, 0.1) is 31.5 Å². The first-order valence-corrected chi connectivity index (χ1v) is 5.72. The minimum atomic E-state index is -4.82. The number of carbonyl (C=O) groups excluding carboxylic acids is 1. The summed E-state index contributed by atoms with van der Waals surface area (Å²) in [6, 6.07) is 1.05. The lowest BCUT2D eigenvalue weighted by Crippen LogP contribution is -2.19. The van der Waals surface area contributed by atoms with Crippen molar-refractivity contribution < 1.29 is 32.2 Å². The third kappa shape index (κ3) is 4.60. The van der Waals surface area contributed by atoms with Crippen molar-refractivity contribution in [3.05, 3.63) is 17.5 Å². The highest BCUT2D eigenvalue weighted by molar-refractivity contribution is 5.73. The highest BCUT2D eigenvalue weighted by Crippen LogP contribution is 2.30. The highest BCUT2D eigenvalue weighted by Gasteiger charge is 2.32. The van der Waals surface area contributed by atoms with Crippen molar-refractivity contribution in [1.82, 2.24) is 4.98 Å². The summed E-state index contributed by atoms with van der Waals surface area (Å²) in [6.07, 6.45) is -5.01. The van der Waals surface area contributed by atoms with E-state index in [1.165, 1.54) is 14.0 Å². The zero-order valence-electron chi connectivity index (χ0n) is 11.2. The Morgan fingerprint density at radius 2 is 2.00 bits per heavy atom. The molecule has 0 aromatic carbocycles. The van der Waals surface area contributed by atoms with Crippen molar-refractivity contribution in [2.75, 3.05) is 13.7 Å². The zero-order chi connectivity index (χ0) is 15.3. The molecule has 0 radical (unpaired) electrons. The lowest BCUT2D eigenvalue weighted by atomic mass is 10.2. The van der Waals surface area contributed by atoms with E-state index in [1.54, 1.807) is 6.92 Å². The molecule has 1 heterocycles. The standard InChI is InChI=1S/C12H14F3NO4/c1-4-19-11(17)5-8-10(18-3)6-9(7(2)16-8)20-12(13,14)15/h6H,4-5H2,1-3H3. The van der Waals surface area contributed by atoms with Crippen molar-refractivity contribution in [2.45, 2.75) is 26.6 Å². The molecule has 0 fully saturated rings. The number of nitrogens with zero attached hydrogens (tertiary/aromatic N) is 1. The lowest BCUT2D eigenvalue weighted by molar-refractivity contribution is -0.275. The molecule has 0 unspecified atom stereocenters. The van der Waals surface area contributed by atoms with Gasteiger partial charge in [0.15, 0.2) is 5.75 Å². The van der Waals surface area contributed by atoms with Crippen LogP contribution in [0.4, 0.5) is 13.2 Å². The summed E-state index contributed by atoms with van der Waals surface area (Å²) in [5.41, 5.74) is 0.195. The zero-order valence-corrected chi connectivity index (χ0v) is 11.2. The Labute approximate surface area is 113 Å². The molecule has 1 aromatic heterocycles. The molecule has 0 saturated heterocycles. The third-order valence-corrected chi connectivity index (χ3v) is 2.27. The van der Waals surface area contributed by atoms with Gasteiger partial charge in [0, 0.05) is 6.07 Å². The van der Waals surface area contributed by atoms with Gasteiger partial charge in [-0.3, -0.25) is 4.79 Å². The van der Waals surface area contributed by atoms with Gasteiger partial charge in [-0.2, -0.15) is 0 Å². The quantitative estimate of drug-likeness (QED) is 0.780. The minimum absolute atomic E-state index is 0.00224. The fourth-order valence-corrected chi connectivity index (χ4v) is 1.50.